The van der Waals surface area contributed by atoms with Gasteiger partial charge in [0, 0.05) is 20.6 Å². The summed E-state index contributed by atoms with van der Waals surface area (Å²) < 4.78 is 26.0. The van der Waals surface area contributed by atoms with Crippen molar-refractivity contribution in [2.75, 3.05) is 32.9 Å². The van der Waals surface area contributed by atoms with E-state index in [4.69, 9.17) is 17.3 Å². The second kappa shape index (κ2) is 6.43. The number of anilines is 1. The molecule has 0 fully saturated rings. The summed E-state index contributed by atoms with van der Waals surface area (Å²) in [5.74, 6) is -0.294. The van der Waals surface area contributed by atoms with E-state index in [-0.39, 0.29) is 34.6 Å². The van der Waals surface area contributed by atoms with E-state index in [1.165, 1.54) is 23.1 Å². The van der Waals surface area contributed by atoms with Crippen molar-refractivity contribution in [2.24, 2.45) is 0 Å². The lowest BCUT2D eigenvalue weighted by Gasteiger charge is -2.22. The van der Waals surface area contributed by atoms with Crippen LogP contribution in [0.25, 0.3) is 0 Å². The van der Waals surface area contributed by atoms with Crippen LogP contribution in [0.5, 0.6) is 0 Å². The minimum atomic E-state index is -3.77. The molecule has 0 aliphatic rings. The molecular formula is C12H18ClN3O3S. The number of amides is 1. The summed E-state index contributed by atoms with van der Waals surface area (Å²) in [6.45, 7) is 1.64. The normalized spacial score (nSPS) is 11.7. The van der Waals surface area contributed by atoms with E-state index in [9.17, 15) is 13.2 Å². The molecule has 112 valence electrons. The summed E-state index contributed by atoms with van der Waals surface area (Å²) in [5, 5.41) is 0.288. The highest BCUT2D eigenvalue weighted by molar-refractivity contribution is 7.89. The molecule has 2 N–H and O–H groups in total. The zero-order chi connectivity index (χ0) is 15.5. The molecule has 0 atom stereocenters. The van der Waals surface area contributed by atoms with E-state index >= 15 is 0 Å². The highest BCUT2D eigenvalue weighted by atomic mass is 35.5. The van der Waals surface area contributed by atoms with Crippen molar-refractivity contribution in [3.8, 4) is 0 Å². The monoisotopic (exact) mass is 319 g/mol. The van der Waals surface area contributed by atoms with Crippen molar-refractivity contribution in [1.82, 2.24) is 9.21 Å². The van der Waals surface area contributed by atoms with Gasteiger partial charge in [-0.3, -0.25) is 4.79 Å². The molecule has 0 aromatic heterocycles. The van der Waals surface area contributed by atoms with Crippen LogP contribution in [-0.4, -0.2) is 50.7 Å². The highest BCUT2D eigenvalue weighted by Gasteiger charge is 2.26. The molecule has 1 aromatic carbocycles. The predicted octanol–water partition coefficient (Wildman–Crippen LogP) is 1.02. The number of nitrogen functional groups attached to an aromatic ring is 1. The number of hydrogen-bond acceptors (Lipinski definition) is 4. The zero-order valence-electron chi connectivity index (χ0n) is 11.6. The molecule has 8 heteroatoms. The van der Waals surface area contributed by atoms with Gasteiger partial charge in [-0.15, -0.1) is 0 Å². The summed E-state index contributed by atoms with van der Waals surface area (Å²) in [4.78, 5) is 13.0. The van der Waals surface area contributed by atoms with Crippen LogP contribution in [0.4, 0.5) is 5.69 Å². The molecule has 0 aliphatic carbocycles. The van der Waals surface area contributed by atoms with Gasteiger partial charge in [0.15, 0.2) is 0 Å². The van der Waals surface area contributed by atoms with Crippen molar-refractivity contribution < 1.29 is 13.2 Å². The van der Waals surface area contributed by atoms with Gasteiger partial charge in [-0.25, -0.2) is 8.42 Å². The molecule has 6 nitrogen and oxygen atoms in total. The Labute approximate surface area is 124 Å². The number of nitrogens with two attached hydrogens (primary N) is 1. The number of likely N-dealkylation sites (N-methyl/N-ethyl adjacent to an activating group) is 2. The van der Waals surface area contributed by atoms with E-state index in [2.05, 4.69) is 0 Å². The van der Waals surface area contributed by atoms with E-state index in [1.54, 1.807) is 21.0 Å². The van der Waals surface area contributed by atoms with Crippen LogP contribution in [0, 0.1) is 0 Å². The van der Waals surface area contributed by atoms with Gasteiger partial charge >= 0.3 is 0 Å². The third kappa shape index (κ3) is 3.62. The number of carbonyl (C=O) groups is 1. The number of nitrogens with zero attached hydrogens (tertiary/aromatic N) is 2. The topological polar surface area (TPSA) is 83.7 Å². The Bertz CT molecular complexity index is 602. The van der Waals surface area contributed by atoms with Crippen LogP contribution in [0.3, 0.4) is 0 Å². The fourth-order valence-electron chi connectivity index (χ4n) is 1.49. The van der Waals surface area contributed by atoms with E-state index < -0.39 is 10.0 Å². The van der Waals surface area contributed by atoms with Crippen molar-refractivity contribution in [1.29, 1.82) is 0 Å². The Morgan fingerprint density at radius 3 is 2.40 bits per heavy atom. The highest BCUT2D eigenvalue weighted by Crippen LogP contribution is 2.24. The van der Waals surface area contributed by atoms with Gasteiger partial charge in [-0.2, -0.15) is 4.31 Å². The Kier molecular flexibility index (Phi) is 5.38. The molecule has 0 heterocycles. The van der Waals surface area contributed by atoms with Gasteiger partial charge in [-0.05, 0) is 18.2 Å². The Morgan fingerprint density at radius 2 is 1.95 bits per heavy atom. The Balaban J connectivity index is 3.12. The molecule has 1 rings (SSSR count). The SMILES string of the molecule is CCN(CC(=O)N(C)C)S(=O)(=O)c1ccc(Cl)c(N)c1. The first-order valence-electron chi connectivity index (χ1n) is 5.95. The largest absolute Gasteiger partial charge is 0.397 e. The second-order valence-corrected chi connectivity index (χ2v) is 6.75. The molecule has 1 amide bonds. The second-order valence-electron chi connectivity index (χ2n) is 4.40. The molecular weight excluding hydrogens is 302 g/mol. The van der Waals surface area contributed by atoms with E-state index in [1.807, 2.05) is 0 Å². The maximum atomic E-state index is 12.4. The average molecular weight is 320 g/mol. The minimum Gasteiger partial charge on any atom is -0.397 e. The molecule has 0 spiro atoms. The van der Waals surface area contributed by atoms with Crippen molar-refractivity contribution in [3.05, 3.63) is 23.2 Å². The number of carbonyl (C=O) groups excluding carboxylic acids is 1. The first kappa shape index (κ1) is 16.7. The maximum absolute atomic E-state index is 12.4. The standard InChI is InChI=1S/C12H18ClN3O3S/c1-4-16(8-12(17)15(2)3)20(18,19)9-5-6-10(13)11(14)7-9/h5-7H,4,8,14H2,1-3H3. The molecule has 20 heavy (non-hydrogen) atoms. The summed E-state index contributed by atoms with van der Waals surface area (Å²) in [7, 11) is -0.627. The lowest BCUT2D eigenvalue weighted by molar-refractivity contribution is -0.128. The smallest absolute Gasteiger partial charge is 0.243 e. The number of sulfonamides is 1. The van der Waals surface area contributed by atoms with Gasteiger partial charge in [0.1, 0.15) is 0 Å². The summed E-state index contributed by atoms with van der Waals surface area (Å²) >= 11 is 5.78. The molecule has 1 aromatic rings. The predicted molar refractivity (Wildman–Crippen MR) is 79.0 cm³/mol. The van der Waals surface area contributed by atoms with Crippen molar-refractivity contribution in [2.45, 2.75) is 11.8 Å². The van der Waals surface area contributed by atoms with Gasteiger partial charge in [-0.1, -0.05) is 18.5 Å². The third-order valence-electron chi connectivity index (χ3n) is 2.77. The fourth-order valence-corrected chi connectivity index (χ4v) is 3.04. The Hall–Kier alpha value is -1.31. The fraction of sp³-hybridized carbons (Fsp3) is 0.417. The van der Waals surface area contributed by atoms with Crippen molar-refractivity contribution >= 4 is 33.2 Å². The minimum absolute atomic E-state index is 0.0211. The van der Waals surface area contributed by atoms with Gasteiger partial charge in [0.25, 0.3) is 0 Å². The molecule has 0 aliphatic heterocycles. The van der Waals surface area contributed by atoms with Crippen LogP contribution in [0.15, 0.2) is 23.1 Å². The van der Waals surface area contributed by atoms with E-state index in [0.29, 0.717) is 0 Å². The third-order valence-corrected chi connectivity index (χ3v) is 5.03. The molecule has 0 saturated carbocycles. The van der Waals surface area contributed by atoms with Crippen LogP contribution in [0.2, 0.25) is 5.02 Å². The van der Waals surface area contributed by atoms with Gasteiger partial charge < -0.3 is 10.6 Å². The lowest BCUT2D eigenvalue weighted by atomic mass is 10.3. The van der Waals surface area contributed by atoms with Crippen molar-refractivity contribution in [3.63, 3.8) is 0 Å². The first-order valence-corrected chi connectivity index (χ1v) is 7.77. The van der Waals surface area contributed by atoms with Gasteiger partial charge in [0.05, 0.1) is 22.2 Å². The summed E-state index contributed by atoms with van der Waals surface area (Å²) in [5.41, 5.74) is 5.80. The van der Waals surface area contributed by atoms with Gasteiger partial charge in [0.2, 0.25) is 15.9 Å². The first-order chi connectivity index (χ1) is 9.20. The van der Waals surface area contributed by atoms with Crippen LogP contribution in [-0.2, 0) is 14.8 Å². The lowest BCUT2D eigenvalue weighted by Crippen LogP contribution is -2.40. The van der Waals surface area contributed by atoms with Crippen LogP contribution >= 0.6 is 11.6 Å². The van der Waals surface area contributed by atoms with E-state index in [0.717, 1.165) is 4.31 Å². The quantitative estimate of drug-likeness (QED) is 0.821. The molecule has 0 unspecified atom stereocenters. The van der Waals surface area contributed by atoms with Crippen LogP contribution in [0.1, 0.15) is 6.92 Å². The number of rotatable bonds is 5. The maximum Gasteiger partial charge on any atom is 0.243 e. The number of benzene rings is 1. The number of hydrogen-bond donors (Lipinski definition) is 1. The summed E-state index contributed by atoms with van der Waals surface area (Å²) in [6.07, 6.45) is 0. The molecule has 0 bridgehead atoms. The van der Waals surface area contributed by atoms with Crippen LogP contribution < -0.4 is 5.73 Å². The zero-order valence-corrected chi connectivity index (χ0v) is 13.2. The molecule has 0 saturated heterocycles. The number of halogens is 1. The molecule has 0 radical (unpaired) electrons. The average Bonchev–Trinajstić information content (AvgIpc) is 2.38. The summed E-state index contributed by atoms with van der Waals surface area (Å²) in [6, 6.07) is 4.09. The Morgan fingerprint density at radius 1 is 1.35 bits per heavy atom.